The van der Waals surface area contributed by atoms with Crippen LogP contribution in [0, 0.1) is 0 Å². The molecule has 14 atom stereocenters. The molecule has 2 heterocycles. The van der Waals surface area contributed by atoms with Crippen LogP contribution in [-0.2, 0) is 23.7 Å². The third kappa shape index (κ3) is 7.13. The second-order valence-corrected chi connectivity index (χ2v) is 10.2. The number of ether oxygens (including phenoxy) is 4. The van der Waals surface area contributed by atoms with E-state index in [1.807, 2.05) is 0 Å². The van der Waals surface area contributed by atoms with E-state index in [2.05, 4.69) is 5.32 Å². The molecular weight excluding hydrogens is 492 g/mol. The average molecular weight is 537 g/mol. The van der Waals surface area contributed by atoms with Gasteiger partial charge in [-0.2, -0.15) is 0 Å². The summed E-state index contributed by atoms with van der Waals surface area (Å²) >= 11 is 0. The van der Waals surface area contributed by atoms with Crippen LogP contribution in [0.4, 0.5) is 0 Å². The monoisotopic (exact) mass is 536 g/mol. The first-order valence-corrected chi connectivity index (χ1v) is 12.8. The van der Waals surface area contributed by atoms with E-state index in [0.717, 1.165) is 0 Å². The highest BCUT2D eigenvalue weighted by molar-refractivity contribution is 5.80. The second kappa shape index (κ2) is 13.3. The van der Waals surface area contributed by atoms with Gasteiger partial charge in [-0.25, -0.2) is 0 Å². The van der Waals surface area contributed by atoms with Gasteiger partial charge in [0.05, 0.1) is 30.3 Å². The standard InChI is InChI=1S/C22H44N6O9/c1-8-14(27)16(31)17(32)22(34-8)37-19-15(30)12(28-20(33)13(29)4-5-23)6-11(26)18(19)36-21-10(25)3-2-9(7-24)35-21/h8-19,21-22,29-32H,2-7,23-27H2,1H3,(H,28,33)/t8-,9+,10-,11+,12-,13+,14-,15+,16+,17-,18-,19-,21-,22+/m1/s1. The zero-order valence-electron chi connectivity index (χ0n) is 21.0. The van der Waals surface area contributed by atoms with E-state index >= 15 is 0 Å². The number of carbonyl (C=O) groups is 1. The number of aliphatic hydroxyl groups is 4. The van der Waals surface area contributed by atoms with E-state index in [1.165, 1.54) is 0 Å². The van der Waals surface area contributed by atoms with Crippen molar-refractivity contribution < 1.29 is 44.2 Å². The molecule has 0 spiro atoms. The summed E-state index contributed by atoms with van der Waals surface area (Å²) in [5.41, 5.74) is 29.7. The van der Waals surface area contributed by atoms with E-state index in [9.17, 15) is 25.2 Å². The van der Waals surface area contributed by atoms with Gasteiger partial charge in [-0.15, -0.1) is 0 Å². The lowest BCUT2D eigenvalue weighted by molar-refractivity contribution is -0.321. The minimum absolute atomic E-state index is 0.0315. The fraction of sp³-hybridized carbons (Fsp3) is 0.955. The first-order valence-electron chi connectivity index (χ1n) is 12.8. The molecule has 3 fully saturated rings. The van der Waals surface area contributed by atoms with Crippen molar-refractivity contribution in [2.75, 3.05) is 13.1 Å². The maximum absolute atomic E-state index is 12.4. The fourth-order valence-electron chi connectivity index (χ4n) is 4.93. The Bertz CT molecular complexity index is 741. The Balaban J connectivity index is 1.82. The van der Waals surface area contributed by atoms with E-state index in [4.69, 9.17) is 47.6 Å². The molecule has 3 rings (SSSR count). The smallest absolute Gasteiger partial charge is 0.249 e. The van der Waals surface area contributed by atoms with Gasteiger partial charge in [-0.05, 0) is 39.2 Å². The van der Waals surface area contributed by atoms with Gasteiger partial charge in [0.25, 0.3) is 0 Å². The lowest BCUT2D eigenvalue weighted by atomic mass is 9.83. The molecule has 37 heavy (non-hydrogen) atoms. The lowest BCUT2D eigenvalue weighted by Gasteiger charge is -2.48. The summed E-state index contributed by atoms with van der Waals surface area (Å²) < 4.78 is 23.7. The number of rotatable bonds is 9. The number of nitrogens with two attached hydrogens (primary N) is 5. The van der Waals surface area contributed by atoms with Gasteiger partial charge in [0.2, 0.25) is 5.91 Å². The Hall–Kier alpha value is -1.05. The Labute approximate surface area is 215 Å². The molecule has 2 aliphatic heterocycles. The summed E-state index contributed by atoms with van der Waals surface area (Å²) in [7, 11) is 0. The first-order chi connectivity index (χ1) is 17.5. The summed E-state index contributed by atoms with van der Waals surface area (Å²) in [6.07, 6.45) is -9.85. The number of hydrogen-bond acceptors (Lipinski definition) is 14. The summed E-state index contributed by atoms with van der Waals surface area (Å²) in [5.74, 6) is -0.729. The normalized spacial score (nSPS) is 45.8. The van der Waals surface area contributed by atoms with Crippen molar-refractivity contribution in [3.8, 4) is 0 Å². The van der Waals surface area contributed by atoms with E-state index in [0.29, 0.717) is 12.8 Å². The molecule has 15 nitrogen and oxygen atoms in total. The Morgan fingerprint density at radius 1 is 0.973 bits per heavy atom. The molecule has 15 N–H and O–H groups in total. The molecule has 2 saturated heterocycles. The molecule has 0 aromatic rings. The summed E-state index contributed by atoms with van der Waals surface area (Å²) in [5, 5.41) is 44.8. The van der Waals surface area contributed by atoms with Crippen molar-refractivity contribution >= 4 is 5.91 Å². The highest BCUT2D eigenvalue weighted by Crippen LogP contribution is 2.32. The van der Waals surface area contributed by atoms with Crippen LogP contribution in [0.1, 0.15) is 32.6 Å². The zero-order valence-corrected chi connectivity index (χ0v) is 21.0. The third-order valence-electron chi connectivity index (χ3n) is 7.35. The zero-order chi connectivity index (χ0) is 27.4. The molecule has 0 aromatic heterocycles. The molecule has 0 bridgehead atoms. The molecule has 0 unspecified atom stereocenters. The quantitative estimate of drug-likeness (QED) is 0.132. The van der Waals surface area contributed by atoms with Crippen LogP contribution >= 0.6 is 0 Å². The molecule has 1 amide bonds. The van der Waals surface area contributed by atoms with Gasteiger partial charge in [0, 0.05) is 12.6 Å². The van der Waals surface area contributed by atoms with Crippen molar-refractivity contribution in [2.24, 2.45) is 28.7 Å². The van der Waals surface area contributed by atoms with E-state index in [1.54, 1.807) is 6.92 Å². The number of nitrogens with one attached hydrogen (secondary N) is 1. The Kier molecular flexibility index (Phi) is 11.0. The topological polar surface area (TPSA) is 277 Å². The van der Waals surface area contributed by atoms with Crippen LogP contribution in [0.15, 0.2) is 0 Å². The van der Waals surface area contributed by atoms with Crippen LogP contribution in [0.5, 0.6) is 0 Å². The fourth-order valence-corrected chi connectivity index (χ4v) is 4.93. The molecule has 0 aromatic carbocycles. The Morgan fingerprint density at radius 2 is 1.65 bits per heavy atom. The highest BCUT2D eigenvalue weighted by Gasteiger charge is 2.51. The first kappa shape index (κ1) is 30.5. The predicted octanol–water partition coefficient (Wildman–Crippen LogP) is -5.37. The molecule has 1 saturated carbocycles. The lowest BCUT2D eigenvalue weighted by Crippen LogP contribution is -2.68. The van der Waals surface area contributed by atoms with Crippen LogP contribution in [-0.4, -0.2) is 125 Å². The summed E-state index contributed by atoms with van der Waals surface area (Å²) in [4.78, 5) is 12.4. The predicted molar refractivity (Wildman–Crippen MR) is 129 cm³/mol. The van der Waals surface area contributed by atoms with Gasteiger partial charge in [-0.3, -0.25) is 4.79 Å². The molecule has 15 heteroatoms. The van der Waals surface area contributed by atoms with Crippen LogP contribution in [0.3, 0.4) is 0 Å². The molecule has 1 aliphatic carbocycles. The van der Waals surface area contributed by atoms with Crippen LogP contribution < -0.4 is 34.0 Å². The highest BCUT2D eigenvalue weighted by atomic mass is 16.7. The van der Waals surface area contributed by atoms with Crippen molar-refractivity contribution in [2.45, 2.75) is 118 Å². The summed E-state index contributed by atoms with van der Waals surface area (Å²) in [6.45, 7) is 1.97. The van der Waals surface area contributed by atoms with Crippen molar-refractivity contribution in [3.05, 3.63) is 0 Å². The molecular formula is C22H44N6O9. The number of carbonyl (C=O) groups excluding carboxylic acids is 1. The van der Waals surface area contributed by atoms with Gasteiger partial charge < -0.3 is 73.4 Å². The minimum Gasteiger partial charge on any atom is -0.388 e. The average Bonchev–Trinajstić information content (AvgIpc) is 2.87. The second-order valence-electron chi connectivity index (χ2n) is 10.2. The van der Waals surface area contributed by atoms with Gasteiger partial charge in [0.15, 0.2) is 12.6 Å². The maximum Gasteiger partial charge on any atom is 0.249 e. The SMILES string of the molecule is C[C@H]1O[C@@H](O[C@@H]2[C@@H](O)[C@H](NC(=O)[C@@H](O)CCN)C[C@H](N)[C@H]2O[C@H]2O[C@H](CN)CC[C@H]2N)[C@H](O)[C@@H](O)[C@@H]1N. The van der Waals surface area contributed by atoms with E-state index in [-0.39, 0.29) is 32.0 Å². The largest absolute Gasteiger partial charge is 0.388 e. The van der Waals surface area contributed by atoms with E-state index < -0.39 is 85.4 Å². The maximum atomic E-state index is 12.4. The number of amides is 1. The van der Waals surface area contributed by atoms with Gasteiger partial charge >= 0.3 is 0 Å². The van der Waals surface area contributed by atoms with Crippen LogP contribution in [0.2, 0.25) is 0 Å². The van der Waals surface area contributed by atoms with Crippen molar-refractivity contribution in [1.82, 2.24) is 5.32 Å². The van der Waals surface area contributed by atoms with Crippen LogP contribution in [0.25, 0.3) is 0 Å². The molecule has 216 valence electrons. The number of hydrogen-bond donors (Lipinski definition) is 10. The Morgan fingerprint density at radius 3 is 2.30 bits per heavy atom. The van der Waals surface area contributed by atoms with Gasteiger partial charge in [-0.1, -0.05) is 0 Å². The van der Waals surface area contributed by atoms with Gasteiger partial charge in [0.1, 0.15) is 36.6 Å². The molecule has 3 aliphatic rings. The number of aliphatic hydroxyl groups excluding tert-OH is 4. The summed E-state index contributed by atoms with van der Waals surface area (Å²) in [6, 6.07) is -3.10. The molecule has 0 radical (unpaired) electrons. The van der Waals surface area contributed by atoms with Crippen molar-refractivity contribution in [1.29, 1.82) is 0 Å². The minimum atomic E-state index is -1.54. The third-order valence-corrected chi connectivity index (χ3v) is 7.35. The van der Waals surface area contributed by atoms with Crippen molar-refractivity contribution in [3.63, 3.8) is 0 Å².